The summed E-state index contributed by atoms with van der Waals surface area (Å²) in [5.41, 5.74) is 1.91. The Balaban J connectivity index is 1.88. The van der Waals surface area contributed by atoms with E-state index in [0.29, 0.717) is 35.5 Å². The summed E-state index contributed by atoms with van der Waals surface area (Å²) in [6.07, 6.45) is 0.426. The third kappa shape index (κ3) is 8.92. The lowest BCUT2D eigenvalue weighted by molar-refractivity contribution is -0.139. The lowest BCUT2D eigenvalue weighted by Crippen LogP contribution is -2.51. The molecule has 3 aromatic carbocycles. The fourth-order valence-electron chi connectivity index (χ4n) is 3.52. The number of carbonyl (C=O) groups is 2. The molecule has 0 aromatic heterocycles. The van der Waals surface area contributed by atoms with E-state index in [0.717, 1.165) is 16.0 Å². The number of hydrogen-bond donors (Lipinski definition) is 1. The van der Waals surface area contributed by atoms with Crippen molar-refractivity contribution in [3.63, 3.8) is 0 Å². The molecule has 3 aromatic rings. The van der Waals surface area contributed by atoms with Crippen LogP contribution in [0, 0.1) is 5.92 Å². The molecule has 0 saturated carbocycles. The second-order valence-electron chi connectivity index (χ2n) is 8.74. The van der Waals surface area contributed by atoms with Gasteiger partial charge in [-0.3, -0.25) is 9.59 Å². The van der Waals surface area contributed by atoms with Crippen LogP contribution in [0.1, 0.15) is 25.0 Å². The summed E-state index contributed by atoms with van der Waals surface area (Å²) in [7, 11) is 0. The topological polar surface area (TPSA) is 49.4 Å². The minimum atomic E-state index is -0.648. The molecule has 0 radical (unpaired) electrons. The van der Waals surface area contributed by atoms with Crippen LogP contribution in [0.15, 0.2) is 83.8 Å². The van der Waals surface area contributed by atoms with Gasteiger partial charge in [0, 0.05) is 34.5 Å². The molecule has 0 bridgehead atoms. The van der Waals surface area contributed by atoms with Crippen LogP contribution in [-0.2, 0) is 22.6 Å². The van der Waals surface area contributed by atoms with Gasteiger partial charge in [-0.1, -0.05) is 79.5 Å². The van der Waals surface area contributed by atoms with Crippen molar-refractivity contribution in [3.05, 3.63) is 100 Å². The minimum absolute atomic E-state index is 0.111. The van der Waals surface area contributed by atoms with E-state index in [1.54, 1.807) is 29.2 Å². The van der Waals surface area contributed by atoms with Gasteiger partial charge in [0.1, 0.15) is 6.04 Å². The van der Waals surface area contributed by atoms with Crippen molar-refractivity contribution in [2.24, 2.45) is 5.92 Å². The van der Waals surface area contributed by atoms with Gasteiger partial charge < -0.3 is 10.2 Å². The number of hydrogen-bond acceptors (Lipinski definition) is 3. The van der Waals surface area contributed by atoms with E-state index >= 15 is 0 Å². The number of amides is 2. The molecule has 0 fully saturated rings. The number of halogens is 2. The summed E-state index contributed by atoms with van der Waals surface area (Å²) in [5, 5.41) is 4.31. The minimum Gasteiger partial charge on any atom is -0.354 e. The quantitative estimate of drug-likeness (QED) is 0.289. The predicted octanol–water partition coefficient (Wildman–Crippen LogP) is 6.50. The molecule has 2 amide bonds. The summed E-state index contributed by atoms with van der Waals surface area (Å²) in [5.74, 6) is 0.247. The number of thioether (sulfide) groups is 1. The highest BCUT2D eigenvalue weighted by Crippen LogP contribution is 2.23. The molecule has 7 heteroatoms. The first-order chi connectivity index (χ1) is 16.8. The van der Waals surface area contributed by atoms with Gasteiger partial charge in [-0.15, -0.1) is 11.8 Å². The third-order valence-corrected chi connectivity index (χ3v) is 6.90. The van der Waals surface area contributed by atoms with E-state index in [1.807, 2.05) is 68.4 Å². The SMILES string of the molecule is CC(C)CNC(=O)[C@H](Cc1ccccc1)N(Cc1ccc(Cl)cc1)C(=O)CSc1ccc(Cl)cc1. The number of rotatable bonds is 11. The van der Waals surface area contributed by atoms with Gasteiger partial charge in [0.25, 0.3) is 0 Å². The van der Waals surface area contributed by atoms with Crippen LogP contribution < -0.4 is 5.32 Å². The Hall–Kier alpha value is -2.47. The Morgan fingerprint density at radius 1 is 0.857 bits per heavy atom. The van der Waals surface area contributed by atoms with Crippen LogP contribution in [-0.4, -0.2) is 35.1 Å². The molecule has 0 aliphatic heterocycles. The van der Waals surface area contributed by atoms with Crippen LogP contribution in [0.25, 0.3) is 0 Å². The van der Waals surface area contributed by atoms with E-state index in [-0.39, 0.29) is 17.6 Å². The van der Waals surface area contributed by atoms with Crippen molar-refractivity contribution in [1.82, 2.24) is 10.2 Å². The van der Waals surface area contributed by atoms with E-state index in [4.69, 9.17) is 23.2 Å². The van der Waals surface area contributed by atoms with Crippen molar-refractivity contribution in [2.75, 3.05) is 12.3 Å². The van der Waals surface area contributed by atoms with Gasteiger partial charge in [0.2, 0.25) is 11.8 Å². The van der Waals surface area contributed by atoms with Crippen molar-refractivity contribution in [3.8, 4) is 0 Å². The van der Waals surface area contributed by atoms with E-state index in [9.17, 15) is 9.59 Å². The average Bonchev–Trinajstić information content (AvgIpc) is 2.86. The first-order valence-corrected chi connectivity index (χ1v) is 13.3. The third-order valence-electron chi connectivity index (χ3n) is 5.40. The van der Waals surface area contributed by atoms with Crippen LogP contribution in [0.2, 0.25) is 10.0 Å². The largest absolute Gasteiger partial charge is 0.354 e. The van der Waals surface area contributed by atoms with Crippen LogP contribution in [0.5, 0.6) is 0 Å². The van der Waals surface area contributed by atoms with E-state index < -0.39 is 6.04 Å². The summed E-state index contributed by atoms with van der Waals surface area (Å²) < 4.78 is 0. The van der Waals surface area contributed by atoms with Gasteiger partial charge in [-0.2, -0.15) is 0 Å². The molecule has 1 atom stereocenters. The zero-order valence-electron chi connectivity index (χ0n) is 19.9. The Bertz CT molecular complexity index is 1090. The summed E-state index contributed by atoms with van der Waals surface area (Å²) in [6, 6.07) is 23.9. The van der Waals surface area contributed by atoms with Crippen molar-refractivity contribution in [1.29, 1.82) is 0 Å². The normalized spacial score (nSPS) is 11.8. The van der Waals surface area contributed by atoms with Gasteiger partial charge >= 0.3 is 0 Å². The Labute approximate surface area is 222 Å². The fraction of sp³-hybridized carbons (Fsp3) is 0.286. The molecule has 0 saturated heterocycles. The van der Waals surface area contributed by atoms with Crippen molar-refractivity contribution >= 4 is 46.8 Å². The second-order valence-corrected chi connectivity index (χ2v) is 10.7. The Morgan fingerprint density at radius 2 is 1.46 bits per heavy atom. The highest BCUT2D eigenvalue weighted by molar-refractivity contribution is 8.00. The second kappa shape index (κ2) is 13.6. The Kier molecular flexibility index (Phi) is 10.5. The Morgan fingerprint density at radius 3 is 2.06 bits per heavy atom. The lowest BCUT2D eigenvalue weighted by Gasteiger charge is -2.32. The molecule has 0 spiro atoms. The van der Waals surface area contributed by atoms with Gasteiger partial charge in [0.05, 0.1) is 5.75 Å². The van der Waals surface area contributed by atoms with Crippen LogP contribution >= 0.6 is 35.0 Å². The van der Waals surface area contributed by atoms with Gasteiger partial charge in [0.15, 0.2) is 0 Å². The molecule has 0 unspecified atom stereocenters. The molecule has 0 aliphatic rings. The standard InChI is InChI=1S/C28H30Cl2N2O2S/c1-20(2)17-31-28(34)26(16-21-6-4-3-5-7-21)32(18-22-8-10-23(29)11-9-22)27(33)19-35-25-14-12-24(30)13-15-25/h3-15,20,26H,16-19H2,1-2H3,(H,31,34)/t26-/m0/s1. The number of benzene rings is 3. The first kappa shape index (κ1) is 27.1. The number of nitrogens with one attached hydrogen (secondary N) is 1. The lowest BCUT2D eigenvalue weighted by atomic mass is 10.0. The molecule has 4 nitrogen and oxygen atoms in total. The summed E-state index contributed by atoms with van der Waals surface area (Å²) in [4.78, 5) is 29.6. The zero-order chi connectivity index (χ0) is 25.2. The maximum atomic E-state index is 13.6. The maximum Gasteiger partial charge on any atom is 0.243 e. The molecular weight excluding hydrogens is 499 g/mol. The van der Waals surface area contributed by atoms with Crippen molar-refractivity contribution < 1.29 is 9.59 Å². The molecule has 3 rings (SSSR count). The highest BCUT2D eigenvalue weighted by Gasteiger charge is 2.30. The average molecular weight is 530 g/mol. The fourth-order valence-corrected chi connectivity index (χ4v) is 4.56. The molecular formula is C28H30Cl2N2O2S. The molecule has 0 heterocycles. The van der Waals surface area contributed by atoms with Crippen molar-refractivity contribution in [2.45, 2.75) is 37.8 Å². The first-order valence-electron chi connectivity index (χ1n) is 11.6. The predicted molar refractivity (Wildman–Crippen MR) is 146 cm³/mol. The van der Waals surface area contributed by atoms with E-state index in [1.165, 1.54) is 11.8 Å². The smallest absolute Gasteiger partial charge is 0.243 e. The molecule has 0 aliphatic carbocycles. The molecule has 35 heavy (non-hydrogen) atoms. The van der Waals surface area contributed by atoms with E-state index in [2.05, 4.69) is 5.32 Å². The number of carbonyl (C=O) groups excluding carboxylic acids is 2. The monoisotopic (exact) mass is 528 g/mol. The zero-order valence-corrected chi connectivity index (χ0v) is 22.2. The highest BCUT2D eigenvalue weighted by atomic mass is 35.5. The van der Waals surface area contributed by atoms with Gasteiger partial charge in [-0.25, -0.2) is 0 Å². The van der Waals surface area contributed by atoms with Gasteiger partial charge in [-0.05, 0) is 53.4 Å². The molecule has 1 N–H and O–H groups in total. The van der Waals surface area contributed by atoms with Crippen LogP contribution in [0.4, 0.5) is 0 Å². The summed E-state index contributed by atoms with van der Waals surface area (Å²) in [6.45, 7) is 4.95. The summed E-state index contributed by atoms with van der Waals surface area (Å²) >= 11 is 13.5. The molecule has 184 valence electrons. The number of nitrogens with zero attached hydrogens (tertiary/aromatic N) is 1. The van der Waals surface area contributed by atoms with Crippen LogP contribution in [0.3, 0.4) is 0 Å². The maximum absolute atomic E-state index is 13.6.